The molecule has 0 aromatic heterocycles. The summed E-state index contributed by atoms with van der Waals surface area (Å²) in [6, 6.07) is 19.4. The lowest BCUT2D eigenvalue weighted by Crippen LogP contribution is -2.11. The van der Waals surface area contributed by atoms with Crippen molar-refractivity contribution in [3.05, 3.63) is 77.9 Å². The molecule has 0 radical (unpaired) electrons. The summed E-state index contributed by atoms with van der Waals surface area (Å²) >= 11 is 0. The van der Waals surface area contributed by atoms with Gasteiger partial charge in [-0.05, 0) is 24.1 Å². The molecule has 0 N–H and O–H groups in total. The van der Waals surface area contributed by atoms with Crippen LogP contribution in [0.4, 0.5) is 4.79 Å². The zero-order chi connectivity index (χ0) is 14.9. The summed E-state index contributed by atoms with van der Waals surface area (Å²) in [6.45, 7) is 2.04. The van der Waals surface area contributed by atoms with Crippen LogP contribution in [0.2, 0.25) is 0 Å². The molecule has 0 saturated heterocycles. The van der Waals surface area contributed by atoms with Crippen LogP contribution in [0, 0.1) is 0 Å². The lowest BCUT2D eigenvalue weighted by atomic mass is 10.1. The number of hydrogen-bond acceptors (Lipinski definition) is 3. The zero-order valence-corrected chi connectivity index (χ0v) is 11.9. The number of ether oxygens (including phenoxy) is 2. The van der Waals surface area contributed by atoms with Crippen LogP contribution in [0.25, 0.3) is 6.08 Å². The highest BCUT2D eigenvalue weighted by Crippen LogP contribution is 2.20. The van der Waals surface area contributed by atoms with E-state index in [-0.39, 0.29) is 0 Å². The first-order valence-corrected chi connectivity index (χ1v) is 6.91. The molecular formula is C18H18O3. The SMILES string of the molecule is CCOC(=O)O[C@H](/C=C\c1ccccc1)c1ccccc1. The lowest BCUT2D eigenvalue weighted by Gasteiger charge is -2.14. The third-order valence-corrected chi connectivity index (χ3v) is 2.88. The van der Waals surface area contributed by atoms with Crippen LogP contribution in [-0.2, 0) is 9.47 Å². The first-order chi connectivity index (χ1) is 10.3. The Balaban J connectivity index is 2.16. The van der Waals surface area contributed by atoms with E-state index in [2.05, 4.69) is 0 Å². The van der Waals surface area contributed by atoms with E-state index in [0.717, 1.165) is 11.1 Å². The second-order valence-corrected chi connectivity index (χ2v) is 4.40. The van der Waals surface area contributed by atoms with Crippen molar-refractivity contribution in [2.24, 2.45) is 0 Å². The highest BCUT2D eigenvalue weighted by molar-refractivity contribution is 5.61. The van der Waals surface area contributed by atoms with Crippen LogP contribution < -0.4 is 0 Å². The fourth-order valence-corrected chi connectivity index (χ4v) is 1.88. The first kappa shape index (κ1) is 14.9. The summed E-state index contributed by atoms with van der Waals surface area (Å²) in [4.78, 5) is 11.6. The smallest absolute Gasteiger partial charge is 0.435 e. The van der Waals surface area contributed by atoms with Gasteiger partial charge in [0.2, 0.25) is 0 Å². The van der Waals surface area contributed by atoms with Crippen LogP contribution >= 0.6 is 0 Å². The molecule has 21 heavy (non-hydrogen) atoms. The Labute approximate surface area is 124 Å². The van der Waals surface area contributed by atoms with E-state index >= 15 is 0 Å². The quantitative estimate of drug-likeness (QED) is 0.751. The second-order valence-electron chi connectivity index (χ2n) is 4.40. The summed E-state index contributed by atoms with van der Waals surface area (Å²) in [5.41, 5.74) is 1.95. The van der Waals surface area contributed by atoms with Gasteiger partial charge in [-0.1, -0.05) is 66.7 Å². The van der Waals surface area contributed by atoms with E-state index in [4.69, 9.17) is 9.47 Å². The average molecular weight is 282 g/mol. The number of carbonyl (C=O) groups is 1. The Hall–Kier alpha value is -2.55. The largest absolute Gasteiger partial charge is 0.509 e. The second kappa shape index (κ2) is 7.90. The molecule has 3 heteroatoms. The third-order valence-electron chi connectivity index (χ3n) is 2.88. The molecule has 0 aliphatic carbocycles. The Morgan fingerprint density at radius 1 is 1.05 bits per heavy atom. The van der Waals surface area contributed by atoms with Crippen LogP contribution in [0.5, 0.6) is 0 Å². The van der Waals surface area contributed by atoms with Crippen LogP contribution in [-0.4, -0.2) is 12.8 Å². The number of benzene rings is 2. The van der Waals surface area contributed by atoms with Gasteiger partial charge in [-0.2, -0.15) is 0 Å². The van der Waals surface area contributed by atoms with Crippen LogP contribution in [0.15, 0.2) is 66.7 Å². The molecule has 2 aromatic carbocycles. The van der Waals surface area contributed by atoms with Crippen molar-refractivity contribution in [1.29, 1.82) is 0 Å². The molecule has 2 aromatic rings. The molecule has 0 aliphatic rings. The van der Waals surface area contributed by atoms with E-state index in [0.29, 0.717) is 6.61 Å². The van der Waals surface area contributed by atoms with Gasteiger partial charge in [-0.25, -0.2) is 4.79 Å². The van der Waals surface area contributed by atoms with Gasteiger partial charge in [-0.15, -0.1) is 0 Å². The molecule has 0 unspecified atom stereocenters. The highest BCUT2D eigenvalue weighted by Gasteiger charge is 2.14. The minimum absolute atomic E-state index is 0.294. The monoisotopic (exact) mass is 282 g/mol. The molecule has 0 spiro atoms. The molecule has 1 atom stereocenters. The maximum absolute atomic E-state index is 11.6. The van der Waals surface area contributed by atoms with Crippen molar-refractivity contribution in [3.63, 3.8) is 0 Å². The van der Waals surface area contributed by atoms with Gasteiger partial charge < -0.3 is 9.47 Å². The van der Waals surface area contributed by atoms with Gasteiger partial charge in [0.1, 0.15) is 6.10 Å². The van der Waals surface area contributed by atoms with Crippen molar-refractivity contribution in [1.82, 2.24) is 0 Å². The Bertz CT molecular complexity index is 576. The molecule has 0 bridgehead atoms. The van der Waals surface area contributed by atoms with Gasteiger partial charge in [0.15, 0.2) is 0 Å². The minimum atomic E-state index is -0.663. The summed E-state index contributed by atoms with van der Waals surface area (Å²) in [5, 5.41) is 0. The summed E-state index contributed by atoms with van der Waals surface area (Å²) in [6.07, 6.45) is 2.65. The summed E-state index contributed by atoms with van der Waals surface area (Å²) < 4.78 is 10.2. The van der Waals surface area contributed by atoms with E-state index in [9.17, 15) is 4.79 Å². The molecule has 108 valence electrons. The fraction of sp³-hybridized carbons (Fsp3) is 0.167. The molecular weight excluding hydrogens is 264 g/mol. The molecule has 0 aliphatic heterocycles. The summed E-state index contributed by atoms with van der Waals surface area (Å²) in [7, 11) is 0. The van der Waals surface area contributed by atoms with Gasteiger partial charge >= 0.3 is 6.16 Å². The standard InChI is InChI=1S/C18H18O3/c1-2-20-18(19)21-17(16-11-7-4-8-12-16)14-13-15-9-5-3-6-10-15/h3-14,17H,2H2,1H3/b14-13-/t17-/m1/s1. The zero-order valence-electron chi connectivity index (χ0n) is 11.9. The Kier molecular flexibility index (Phi) is 5.59. The third kappa shape index (κ3) is 4.80. The minimum Gasteiger partial charge on any atom is -0.435 e. The average Bonchev–Trinajstić information content (AvgIpc) is 2.53. The fourth-order valence-electron chi connectivity index (χ4n) is 1.88. The van der Waals surface area contributed by atoms with Crippen molar-refractivity contribution >= 4 is 12.2 Å². The summed E-state index contributed by atoms with van der Waals surface area (Å²) in [5.74, 6) is 0. The maximum Gasteiger partial charge on any atom is 0.509 e. The van der Waals surface area contributed by atoms with Crippen molar-refractivity contribution in [3.8, 4) is 0 Å². The van der Waals surface area contributed by atoms with E-state index < -0.39 is 12.3 Å². The van der Waals surface area contributed by atoms with Crippen LogP contribution in [0.3, 0.4) is 0 Å². The maximum atomic E-state index is 11.6. The molecule has 2 rings (SSSR count). The Morgan fingerprint density at radius 3 is 2.29 bits per heavy atom. The van der Waals surface area contributed by atoms with Gasteiger partial charge in [0, 0.05) is 0 Å². The van der Waals surface area contributed by atoms with Crippen molar-refractivity contribution < 1.29 is 14.3 Å². The van der Waals surface area contributed by atoms with Crippen molar-refractivity contribution in [2.75, 3.05) is 6.61 Å². The first-order valence-electron chi connectivity index (χ1n) is 6.91. The molecule has 0 amide bonds. The Morgan fingerprint density at radius 2 is 1.67 bits per heavy atom. The van der Waals surface area contributed by atoms with Gasteiger partial charge in [0.05, 0.1) is 6.61 Å². The van der Waals surface area contributed by atoms with E-state index in [1.54, 1.807) is 6.92 Å². The lowest BCUT2D eigenvalue weighted by molar-refractivity contribution is 0.0403. The van der Waals surface area contributed by atoms with E-state index in [1.165, 1.54) is 0 Å². The molecule has 0 saturated carbocycles. The molecule has 3 nitrogen and oxygen atoms in total. The van der Waals surface area contributed by atoms with E-state index in [1.807, 2.05) is 72.8 Å². The predicted octanol–water partition coefficient (Wildman–Crippen LogP) is 4.61. The van der Waals surface area contributed by atoms with Crippen LogP contribution in [0.1, 0.15) is 24.2 Å². The number of carbonyl (C=O) groups excluding carboxylic acids is 1. The normalized spacial score (nSPS) is 12.0. The van der Waals surface area contributed by atoms with Gasteiger partial charge in [0.25, 0.3) is 0 Å². The topological polar surface area (TPSA) is 35.5 Å². The molecule has 0 heterocycles. The number of rotatable bonds is 5. The number of hydrogen-bond donors (Lipinski definition) is 0. The van der Waals surface area contributed by atoms with Crippen molar-refractivity contribution in [2.45, 2.75) is 13.0 Å². The van der Waals surface area contributed by atoms with Gasteiger partial charge in [-0.3, -0.25) is 0 Å². The predicted molar refractivity (Wildman–Crippen MR) is 82.8 cm³/mol. The molecule has 0 fully saturated rings. The highest BCUT2D eigenvalue weighted by atomic mass is 16.7.